The smallest absolute Gasteiger partial charge is 0.200 e. The van der Waals surface area contributed by atoms with Crippen LogP contribution in [0.4, 0.5) is 0 Å². The molecule has 1 aliphatic rings. The monoisotopic (exact) mass is 308 g/mol. The number of hydrogen-bond acceptors (Lipinski definition) is 4. The number of methoxy groups -OCH3 is 1. The molecule has 0 amide bonds. The lowest BCUT2D eigenvalue weighted by Crippen LogP contribution is -2.28. The zero-order valence-electron chi connectivity index (χ0n) is 13.2. The maximum Gasteiger partial charge on any atom is 0.200 e. The van der Waals surface area contributed by atoms with Crippen molar-refractivity contribution in [3.63, 3.8) is 0 Å². The lowest BCUT2D eigenvalue weighted by Gasteiger charge is -2.29. The molecule has 0 fully saturated rings. The van der Waals surface area contributed by atoms with E-state index in [1.54, 1.807) is 25.3 Å². The van der Waals surface area contributed by atoms with Gasteiger partial charge in [-0.05, 0) is 44.2 Å². The standard InChI is InChI=1S/C19H16O4/c1-19(2)9-8-12-17-13(10-15(21-3)18(12)23-19)16(20)11-6-4-5-7-14(11)22-17/h4-10H,1-3H3. The van der Waals surface area contributed by atoms with Crippen LogP contribution >= 0.6 is 0 Å². The lowest BCUT2D eigenvalue weighted by atomic mass is 9.99. The van der Waals surface area contributed by atoms with Gasteiger partial charge in [0.15, 0.2) is 11.5 Å². The largest absolute Gasteiger partial charge is 0.493 e. The molecule has 0 saturated carbocycles. The van der Waals surface area contributed by atoms with Crippen molar-refractivity contribution in [1.82, 2.24) is 0 Å². The van der Waals surface area contributed by atoms with Crippen molar-refractivity contribution >= 4 is 28.0 Å². The van der Waals surface area contributed by atoms with E-state index in [1.807, 2.05) is 38.1 Å². The summed E-state index contributed by atoms with van der Waals surface area (Å²) in [5.74, 6) is 1.14. The minimum Gasteiger partial charge on any atom is -0.493 e. The fourth-order valence-corrected chi connectivity index (χ4v) is 2.91. The van der Waals surface area contributed by atoms with Crippen LogP contribution in [0, 0.1) is 0 Å². The van der Waals surface area contributed by atoms with Crippen LogP contribution in [0.1, 0.15) is 19.4 Å². The van der Waals surface area contributed by atoms with Crippen LogP contribution in [0.2, 0.25) is 0 Å². The molecule has 0 aliphatic carbocycles. The average molecular weight is 308 g/mol. The molecule has 4 nitrogen and oxygen atoms in total. The van der Waals surface area contributed by atoms with Gasteiger partial charge >= 0.3 is 0 Å². The summed E-state index contributed by atoms with van der Waals surface area (Å²) in [6.07, 6.45) is 3.88. The highest BCUT2D eigenvalue weighted by atomic mass is 16.5. The molecular formula is C19H16O4. The minimum absolute atomic E-state index is 0.0683. The summed E-state index contributed by atoms with van der Waals surface area (Å²) in [5.41, 5.74) is 1.32. The molecule has 0 bridgehead atoms. The number of fused-ring (bicyclic) bond motifs is 4. The van der Waals surface area contributed by atoms with Crippen LogP contribution in [0.15, 0.2) is 45.6 Å². The molecule has 0 saturated heterocycles. The Hall–Kier alpha value is -2.75. The molecule has 2 aromatic carbocycles. The average Bonchev–Trinajstić information content (AvgIpc) is 2.53. The third-order valence-corrected chi connectivity index (χ3v) is 4.06. The first-order valence-corrected chi connectivity index (χ1v) is 7.45. The molecule has 0 N–H and O–H groups in total. The van der Waals surface area contributed by atoms with Crippen molar-refractivity contribution < 1.29 is 13.9 Å². The fourth-order valence-electron chi connectivity index (χ4n) is 2.91. The van der Waals surface area contributed by atoms with Crippen LogP contribution < -0.4 is 14.9 Å². The molecule has 0 radical (unpaired) electrons. The van der Waals surface area contributed by atoms with Gasteiger partial charge in [0.05, 0.1) is 23.4 Å². The summed E-state index contributed by atoms with van der Waals surface area (Å²) in [4.78, 5) is 12.8. The van der Waals surface area contributed by atoms with Crippen LogP contribution in [-0.4, -0.2) is 12.7 Å². The first kappa shape index (κ1) is 13.9. The second-order valence-corrected chi connectivity index (χ2v) is 6.16. The molecule has 3 aromatic rings. The molecule has 0 spiro atoms. The van der Waals surface area contributed by atoms with E-state index in [0.29, 0.717) is 33.4 Å². The van der Waals surface area contributed by atoms with Gasteiger partial charge < -0.3 is 13.9 Å². The SMILES string of the molecule is COc1cc2c(=O)c3ccccc3oc2c2c1OC(C)(C)C=C2. The van der Waals surface area contributed by atoms with Crippen molar-refractivity contribution in [2.45, 2.75) is 19.4 Å². The third kappa shape index (κ3) is 2.02. The van der Waals surface area contributed by atoms with Gasteiger partial charge in [-0.2, -0.15) is 0 Å². The van der Waals surface area contributed by atoms with Gasteiger partial charge in [-0.25, -0.2) is 0 Å². The van der Waals surface area contributed by atoms with E-state index in [9.17, 15) is 4.79 Å². The Kier molecular flexibility index (Phi) is 2.79. The van der Waals surface area contributed by atoms with E-state index in [1.165, 1.54) is 0 Å². The van der Waals surface area contributed by atoms with E-state index in [4.69, 9.17) is 13.9 Å². The maximum atomic E-state index is 12.8. The van der Waals surface area contributed by atoms with Gasteiger partial charge in [-0.3, -0.25) is 4.79 Å². The van der Waals surface area contributed by atoms with Gasteiger partial charge in [0, 0.05) is 0 Å². The van der Waals surface area contributed by atoms with Crippen LogP contribution in [0.25, 0.3) is 28.0 Å². The molecule has 1 aromatic heterocycles. The van der Waals surface area contributed by atoms with Gasteiger partial charge in [0.1, 0.15) is 16.8 Å². The summed E-state index contributed by atoms with van der Waals surface area (Å²) in [6, 6.07) is 8.93. The van der Waals surface area contributed by atoms with E-state index < -0.39 is 5.60 Å². The van der Waals surface area contributed by atoms with Crippen molar-refractivity contribution in [1.29, 1.82) is 0 Å². The van der Waals surface area contributed by atoms with Crippen molar-refractivity contribution in [2.75, 3.05) is 7.11 Å². The number of rotatable bonds is 1. The molecule has 0 atom stereocenters. The summed E-state index contributed by atoms with van der Waals surface area (Å²) in [6.45, 7) is 3.93. The molecule has 4 rings (SSSR count). The van der Waals surface area contributed by atoms with Crippen molar-refractivity contribution in [3.8, 4) is 11.5 Å². The van der Waals surface area contributed by atoms with E-state index in [-0.39, 0.29) is 5.43 Å². The molecule has 23 heavy (non-hydrogen) atoms. The highest BCUT2D eigenvalue weighted by Gasteiger charge is 2.28. The molecule has 2 heterocycles. The first-order valence-electron chi connectivity index (χ1n) is 7.45. The normalized spacial score (nSPS) is 15.4. The topological polar surface area (TPSA) is 48.7 Å². The van der Waals surface area contributed by atoms with Gasteiger partial charge in [0.25, 0.3) is 0 Å². The Morgan fingerprint density at radius 2 is 1.91 bits per heavy atom. The van der Waals surface area contributed by atoms with Crippen molar-refractivity contribution in [2.24, 2.45) is 0 Å². The molecule has 116 valence electrons. The Balaban J connectivity index is 2.18. The van der Waals surface area contributed by atoms with E-state index in [0.717, 1.165) is 5.56 Å². The Morgan fingerprint density at radius 1 is 1.13 bits per heavy atom. The highest BCUT2D eigenvalue weighted by molar-refractivity contribution is 5.97. The highest BCUT2D eigenvalue weighted by Crippen LogP contribution is 2.43. The predicted molar refractivity (Wildman–Crippen MR) is 90.3 cm³/mol. The predicted octanol–water partition coefficient (Wildman–Crippen LogP) is 4.14. The molecule has 1 aliphatic heterocycles. The fraction of sp³-hybridized carbons (Fsp3) is 0.211. The zero-order chi connectivity index (χ0) is 16.2. The van der Waals surface area contributed by atoms with Gasteiger partial charge in [0.2, 0.25) is 5.43 Å². The molecule has 4 heteroatoms. The van der Waals surface area contributed by atoms with Gasteiger partial charge in [-0.15, -0.1) is 0 Å². The van der Waals surface area contributed by atoms with Crippen LogP contribution in [0.5, 0.6) is 11.5 Å². The zero-order valence-corrected chi connectivity index (χ0v) is 13.2. The number of ether oxygens (including phenoxy) is 2. The van der Waals surface area contributed by atoms with Crippen LogP contribution in [-0.2, 0) is 0 Å². The lowest BCUT2D eigenvalue weighted by molar-refractivity contribution is 0.152. The molecular weight excluding hydrogens is 292 g/mol. The molecule has 0 unspecified atom stereocenters. The van der Waals surface area contributed by atoms with Gasteiger partial charge in [-0.1, -0.05) is 12.1 Å². The third-order valence-electron chi connectivity index (χ3n) is 4.06. The van der Waals surface area contributed by atoms with E-state index >= 15 is 0 Å². The number of hydrogen-bond donors (Lipinski definition) is 0. The summed E-state index contributed by atoms with van der Waals surface area (Å²) < 4.78 is 17.5. The van der Waals surface area contributed by atoms with E-state index in [2.05, 4.69) is 0 Å². The quantitative estimate of drug-likeness (QED) is 0.634. The first-order chi connectivity index (χ1) is 11.0. The summed E-state index contributed by atoms with van der Waals surface area (Å²) in [7, 11) is 1.57. The Morgan fingerprint density at radius 3 is 2.70 bits per heavy atom. The Bertz CT molecular complexity index is 1020. The maximum absolute atomic E-state index is 12.8. The Labute approximate surface area is 132 Å². The summed E-state index contributed by atoms with van der Waals surface area (Å²) in [5, 5.41) is 1.05. The second kappa shape index (κ2) is 4.62. The number of para-hydroxylation sites is 1. The van der Waals surface area contributed by atoms with Crippen LogP contribution in [0.3, 0.4) is 0 Å². The summed E-state index contributed by atoms with van der Waals surface area (Å²) >= 11 is 0. The number of benzene rings is 2. The van der Waals surface area contributed by atoms with Crippen molar-refractivity contribution in [3.05, 3.63) is 52.2 Å². The second-order valence-electron chi connectivity index (χ2n) is 6.16. The minimum atomic E-state index is -0.439.